The Morgan fingerprint density at radius 3 is 1.92 bits per heavy atom. The molecule has 0 bridgehead atoms. The summed E-state index contributed by atoms with van der Waals surface area (Å²) >= 11 is 11.4. The summed E-state index contributed by atoms with van der Waals surface area (Å²) < 4.78 is 4.37. The van der Waals surface area contributed by atoms with Gasteiger partial charge >= 0.3 is 0 Å². The molecule has 0 unspecified atom stereocenters. The topological polar surface area (TPSA) is 12.4 Å². The van der Waals surface area contributed by atoms with E-state index in [2.05, 4.69) is 4.74 Å². The van der Waals surface area contributed by atoms with E-state index < -0.39 is 6.42 Å². The Hall–Kier alpha value is 0.810. The molecule has 1 fully saturated rings. The van der Waals surface area contributed by atoms with Gasteiger partial charge in [-0.05, 0) is 12.8 Å². The van der Waals surface area contributed by atoms with Gasteiger partial charge in [-0.15, -0.1) is 0 Å². The third kappa shape index (κ3) is 4.74. The lowest BCUT2D eigenvalue weighted by molar-refractivity contribution is 0.458. The Morgan fingerprint density at radius 2 is 1.42 bits per heavy atom. The van der Waals surface area contributed by atoms with Crippen LogP contribution >= 0.6 is 28.9 Å². The van der Waals surface area contributed by atoms with Crippen LogP contribution in [0.2, 0.25) is 0 Å². The van der Waals surface area contributed by atoms with Gasteiger partial charge < -0.3 is 0 Å². The van der Waals surface area contributed by atoms with Crippen molar-refractivity contribution < 1.29 is 0 Å². The molecule has 1 nitrogen and oxygen atoms in total. The van der Waals surface area contributed by atoms with Crippen LogP contribution in [0.4, 0.5) is 0 Å². The lowest BCUT2D eigenvalue weighted by Gasteiger charge is -2.15. The normalized spacial score (nSPS) is 21.9. The highest BCUT2D eigenvalue weighted by Crippen LogP contribution is 2.39. The van der Waals surface area contributed by atoms with E-state index in [1.54, 1.807) is 0 Å². The third-order valence-corrected chi connectivity index (χ3v) is 3.50. The molecule has 1 aliphatic rings. The van der Waals surface area contributed by atoms with Crippen molar-refractivity contribution in [3.8, 4) is 0 Å². The van der Waals surface area contributed by atoms with Crippen LogP contribution in [-0.4, -0.2) is 6.04 Å². The van der Waals surface area contributed by atoms with Crippen LogP contribution in [-0.2, 0) is 0 Å². The largest absolute Gasteiger partial charge is 0.272 e. The third-order valence-electron chi connectivity index (χ3n) is 2.35. The number of halogens is 2. The predicted molar refractivity (Wildman–Crippen MR) is 58.6 cm³/mol. The van der Waals surface area contributed by atoms with Crippen LogP contribution in [0, 0.1) is 0 Å². The summed E-state index contributed by atoms with van der Waals surface area (Å²) in [5.74, 6) is 0. The Morgan fingerprint density at radius 1 is 0.917 bits per heavy atom. The number of hydrogen-bond donors (Lipinski definition) is 0. The summed E-state index contributed by atoms with van der Waals surface area (Å²) in [6.45, 7) is 0. The first-order valence-electron chi connectivity index (χ1n) is 4.68. The van der Waals surface area contributed by atoms with Crippen LogP contribution in [0.25, 0.3) is 0 Å². The molecule has 1 aliphatic carbocycles. The first-order valence-corrected chi connectivity index (χ1v) is 8.15. The van der Waals surface area contributed by atoms with Gasteiger partial charge in [-0.25, -0.2) is 0 Å². The van der Waals surface area contributed by atoms with Crippen LogP contribution in [0.3, 0.4) is 0 Å². The Labute approximate surface area is 84.9 Å². The van der Waals surface area contributed by atoms with Crippen molar-refractivity contribution in [2.24, 2.45) is 4.74 Å². The molecule has 12 heavy (non-hydrogen) atoms. The molecule has 0 aromatic carbocycles. The maximum atomic E-state index is 5.71. The van der Waals surface area contributed by atoms with E-state index in [1.165, 1.54) is 44.9 Å². The second-order valence-electron chi connectivity index (χ2n) is 3.37. The van der Waals surface area contributed by atoms with E-state index in [4.69, 9.17) is 22.5 Å². The molecular weight excluding hydrogens is 212 g/mol. The van der Waals surface area contributed by atoms with Crippen molar-refractivity contribution in [2.45, 2.75) is 51.0 Å². The minimum Gasteiger partial charge on any atom is -0.272 e. The molecule has 1 saturated carbocycles. The summed E-state index contributed by atoms with van der Waals surface area (Å²) in [5.41, 5.74) is 0. The SMILES string of the molecule is Cl[PH](Cl)=NC1CCCCCCC1. The fraction of sp³-hybridized carbons (Fsp3) is 1.00. The van der Waals surface area contributed by atoms with Gasteiger partial charge in [-0.1, -0.05) is 54.6 Å². The van der Waals surface area contributed by atoms with Gasteiger partial charge in [0, 0.05) is 0 Å². The van der Waals surface area contributed by atoms with E-state index in [-0.39, 0.29) is 0 Å². The minimum atomic E-state index is -1.39. The summed E-state index contributed by atoms with van der Waals surface area (Å²) in [4.78, 5) is 0. The van der Waals surface area contributed by atoms with Crippen molar-refractivity contribution in [1.82, 2.24) is 0 Å². The minimum absolute atomic E-state index is 0.467. The Balaban J connectivity index is 2.34. The molecule has 1 rings (SSSR count). The summed E-state index contributed by atoms with van der Waals surface area (Å²) in [7, 11) is 0. The number of rotatable bonds is 1. The van der Waals surface area contributed by atoms with Crippen molar-refractivity contribution in [1.29, 1.82) is 0 Å². The molecule has 0 aliphatic heterocycles. The van der Waals surface area contributed by atoms with E-state index in [0.717, 1.165) is 0 Å². The van der Waals surface area contributed by atoms with Gasteiger partial charge in [0.25, 0.3) is 0 Å². The molecule has 0 aromatic rings. The molecule has 0 N–H and O–H groups in total. The van der Waals surface area contributed by atoms with E-state index in [9.17, 15) is 0 Å². The highest BCUT2D eigenvalue weighted by molar-refractivity contribution is 7.96. The predicted octanol–water partition coefficient (Wildman–Crippen LogP) is 4.80. The Bertz CT molecular complexity index is 149. The molecule has 0 radical (unpaired) electrons. The second-order valence-corrected chi connectivity index (χ2v) is 6.84. The maximum absolute atomic E-state index is 5.71. The molecule has 0 heterocycles. The van der Waals surface area contributed by atoms with E-state index in [1.807, 2.05) is 0 Å². The number of nitrogens with zero attached hydrogens (tertiary/aromatic N) is 1. The first kappa shape index (κ1) is 10.9. The van der Waals surface area contributed by atoms with Crippen LogP contribution < -0.4 is 0 Å². The molecule has 72 valence electrons. The highest BCUT2D eigenvalue weighted by Gasteiger charge is 2.09. The number of hydrogen-bond acceptors (Lipinski definition) is 1. The van der Waals surface area contributed by atoms with Gasteiger partial charge in [0.05, 0.1) is 6.04 Å². The zero-order chi connectivity index (χ0) is 8.81. The van der Waals surface area contributed by atoms with Crippen LogP contribution in [0.5, 0.6) is 0 Å². The Kier molecular flexibility index (Phi) is 5.71. The van der Waals surface area contributed by atoms with Crippen molar-refractivity contribution in [3.63, 3.8) is 0 Å². The maximum Gasteiger partial charge on any atom is 0.125 e. The lowest BCUT2D eigenvalue weighted by Crippen LogP contribution is -2.05. The van der Waals surface area contributed by atoms with Crippen LogP contribution in [0.15, 0.2) is 4.74 Å². The van der Waals surface area contributed by atoms with Crippen LogP contribution in [0.1, 0.15) is 44.9 Å². The van der Waals surface area contributed by atoms with Gasteiger partial charge in [0.15, 0.2) is 0 Å². The standard InChI is InChI=1S/C8H16Cl2NP/c9-12(10)11-8-6-4-2-1-3-5-7-8/h8,12H,1-7H2. The smallest absolute Gasteiger partial charge is 0.125 e. The second kappa shape index (κ2) is 6.29. The zero-order valence-electron chi connectivity index (χ0n) is 7.23. The zero-order valence-corrected chi connectivity index (χ0v) is 9.74. The summed E-state index contributed by atoms with van der Waals surface area (Å²) in [6.07, 6.45) is 7.73. The quantitative estimate of drug-likeness (QED) is 0.571. The molecule has 0 atom stereocenters. The van der Waals surface area contributed by atoms with Gasteiger partial charge in [-0.3, -0.25) is 4.74 Å². The molecule has 0 spiro atoms. The fourth-order valence-electron chi connectivity index (χ4n) is 1.70. The molecule has 0 aromatic heterocycles. The average Bonchev–Trinajstić information content (AvgIpc) is 1.93. The van der Waals surface area contributed by atoms with E-state index in [0.29, 0.717) is 6.04 Å². The highest BCUT2D eigenvalue weighted by atomic mass is 35.9. The summed E-state index contributed by atoms with van der Waals surface area (Å²) in [6, 6.07) is 0.467. The van der Waals surface area contributed by atoms with Gasteiger partial charge in [0.1, 0.15) is 6.42 Å². The van der Waals surface area contributed by atoms with Crippen molar-refractivity contribution in [2.75, 3.05) is 0 Å². The molecule has 4 heteroatoms. The van der Waals surface area contributed by atoms with Crippen molar-refractivity contribution >= 4 is 28.9 Å². The monoisotopic (exact) mass is 227 g/mol. The fourth-order valence-corrected chi connectivity index (χ4v) is 3.06. The molecule has 0 saturated heterocycles. The van der Waals surface area contributed by atoms with Crippen molar-refractivity contribution in [3.05, 3.63) is 0 Å². The molecule has 0 amide bonds. The van der Waals surface area contributed by atoms with Gasteiger partial charge in [0.2, 0.25) is 0 Å². The lowest BCUT2D eigenvalue weighted by atomic mass is 9.98. The average molecular weight is 228 g/mol. The van der Waals surface area contributed by atoms with E-state index >= 15 is 0 Å². The molecular formula is C8H16Cl2NP. The summed E-state index contributed by atoms with van der Waals surface area (Å²) in [5, 5.41) is 0. The first-order chi connectivity index (χ1) is 5.79. The van der Waals surface area contributed by atoms with Gasteiger partial charge in [-0.2, -0.15) is 0 Å².